The number of anilines is 1. The molecule has 1 atom stereocenters. The van der Waals surface area contributed by atoms with Gasteiger partial charge in [0, 0.05) is 37.6 Å². The second kappa shape index (κ2) is 8.61. The smallest absolute Gasteiger partial charge is 0.227 e. The van der Waals surface area contributed by atoms with Crippen LogP contribution >= 0.6 is 0 Å². The number of nitrogens with one attached hydrogen (secondary N) is 1. The zero-order valence-corrected chi connectivity index (χ0v) is 15.1. The lowest BCUT2D eigenvalue weighted by Gasteiger charge is -2.17. The summed E-state index contributed by atoms with van der Waals surface area (Å²) in [5, 5.41) is 2.91. The third-order valence-electron chi connectivity index (χ3n) is 4.75. The molecule has 26 heavy (non-hydrogen) atoms. The number of nitrogens with zero attached hydrogens (tertiary/aromatic N) is 2. The number of amides is 2. The number of aryl methyl sites for hydroxylation is 1. The van der Waals surface area contributed by atoms with Crippen molar-refractivity contribution in [1.82, 2.24) is 10.3 Å². The van der Waals surface area contributed by atoms with Crippen LogP contribution in [0, 0.1) is 5.92 Å². The summed E-state index contributed by atoms with van der Waals surface area (Å²) in [6, 6.07) is 11.9. The maximum absolute atomic E-state index is 12.4. The first-order valence-corrected chi connectivity index (χ1v) is 9.23. The normalized spacial score (nSPS) is 16.7. The molecule has 1 aliphatic rings. The Labute approximate surface area is 154 Å². The van der Waals surface area contributed by atoms with E-state index in [4.69, 9.17) is 0 Å². The van der Waals surface area contributed by atoms with Gasteiger partial charge in [-0.25, -0.2) is 0 Å². The number of hydrogen-bond donors (Lipinski definition) is 1. The Balaban J connectivity index is 1.56. The first-order chi connectivity index (χ1) is 12.7. The minimum absolute atomic E-state index is 0.00726. The van der Waals surface area contributed by atoms with E-state index in [2.05, 4.69) is 29.4 Å². The second-order valence-electron chi connectivity index (χ2n) is 6.75. The van der Waals surface area contributed by atoms with E-state index < -0.39 is 0 Å². The van der Waals surface area contributed by atoms with Crippen LogP contribution in [0.15, 0.2) is 48.8 Å². The third kappa shape index (κ3) is 4.48. The van der Waals surface area contributed by atoms with Gasteiger partial charge in [0.25, 0.3) is 0 Å². The first-order valence-electron chi connectivity index (χ1n) is 9.23. The SMILES string of the molecule is CCCCc1ccc(N2CC(C(=O)NCc3cccnc3)CC2=O)cc1. The number of unbranched alkanes of at least 4 members (excludes halogenated alkanes) is 1. The summed E-state index contributed by atoms with van der Waals surface area (Å²) in [7, 11) is 0. The van der Waals surface area contributed by atoms with Crippen LogP contribution < -0.4 is 10.2 Å². The molecular weight excluding hydrogens is 326 g/mol. The van der Waals surface area contributed by atoms with Gasteiger partial charge in [0.15, 0.2) is 0 Å². The van der Waals surface area contributed by atoms with Crippen LogP contribution in [0.5, 0.6) is 0 Å². The molecule has 2 aromatic rings. The zero-order valence-electron chi connectivity index (χ0n) is 15.1. The minimum Gasteiger partial charge on any atom is -0.352 e. The number of pyridine rings is 1. The lowest BCUT2D eigenvalue weighted by atomic mass is 10.1. The van der Waals surface area contributed by atoms with E-state index in [0.717, 1.165) is 17.7 Å². The Hall–Kier alpha value is -2.69. The van der Waals surface area contributed by atoms with Gasteiger partial charge >= 0.3 is 0 Å². The van der Waals surface area contributed by atoms with Crippen LogP contribution in [0.4, 0.5) is 5.69 Å². The molecule has 136 valence electrons. The molecule has 5 nitrogen and oxygen atoms in total. The highest BCUT2D eigenvalue weighted by Crippen LogP contribution is 2.26. The molecule has 0 spiro atoms. The highest BCUT2D eigenvalue weighted by molar-refractivity contribution is 6.00. The summed E-state index contributed by atoms with van der Waals surface area (Å²) >= 11 is 0. The Morgan fingerprint density at radius 3 is 2.73 bits per heavy atom. The molecule has 1 unspecified atom stereocenters. The maximum Gasteiger partial charge on any atom is 0.227 e. The van der Waals surface area contributed by atoms with E-state index in [-0.39, 0.29) is 24.2 Å². The molecule has 5 heteroatoms. The predicted octanol–water partition coefficient (Wildman–Crippen LogP) is 3.09. The average Bonchev–Trinajstić information content (AvgIpc) is 3.07. The van der Waals surface area contributed by atoms with Gasteiger partial charge in [-0.1, -0.05) is 31.5 Å². The second-order valence-corrected chi connectivity index (χ2v) is 6.75. The zero-order chi connectivity index (χ0) is 18.4. The molecule has 3 rings (SSSR count). The lowest BCUT2D eigenvalue weighted by Crippen LogP contribution is -2.32. The summed E-state index contributed by atoms with van der Waals surface area (Å²) in [4.78, 5) is 30.5. The quantitative estimate of drug-likeness (QED) is 0.834. The molecule has 1 aromatic carbocycles. The monoisotopic (exact) mass is 351 g/mol. The van der Waals surface area contributed by atoms with Gasteiger partial charge in [-0.3, -0.25) is 14.6 Å². The van der Waals surface area contributed by atoms with Crippen LogP contribution in [-0.2, 0) is 22.6 Å². The van der Waals surface area contributed by atoms with Gasteiger partial charge in [-0.2, -0.15) is 0 Å². The van der Waals surface area contributed by atoms with Gasteiger partial charge in [0.2, 0.25) is 11.8 Å². The van der Waals surface area contributed by atoms with Gasteiger partial charge in [0.1, 0.15) is 0 Å². The van der Waals surface area contributed by atoms with Crippen molar-refractivity contribution < 1.29 is 9.59 Å². The summed E-state index contributed by atoms with van der Waals surface area (Å²) in [5.41, 5.74) is 3.11. The molecule has 0 bridgehead atoms. The van der Waals surface area contributed by atoms with E-state index in [1.807, 2.05) is 24.3 Å². The van der Waals surface area contributed by atoms with Gasteiger partial charge in [0.05, 0.1) is 5.92 Å². The van der Waals surface area contributed by atoms with E-state index in [9.17, 15) is 9.59 Å². The van der Waals surface area contributed by atoms with E-state index in [1.165, 1.54) is 18.4 Å². The summed E-state index contributed by atoms with van der Waals surface area (Å²) in [6.07, 6.45) is 7.09. The fourth-order valence-corrected chi connectivity index (χ4v) is 3.19. The molecule has 1 N–H and O–H groups in total. The van der Waals surface area contributed by atoms with Crippen molar-refractivity contribution in [1.29, 1.82) is 0 Å². The number of carbonyl (C=O) groups excluding carboxylic acids is 2. The molecule has 2 amide bonds. The summed E-state index contributed by atoms with van der Waals surface area (Å²) < 4.78 is 0. The van der Waals surface area contributed by atoms with Crippen molar-refractivity contribution >= 4 is 17.5 Å². The maximum atomic E-state index is 12.4. The Morgan fingerprint density at radius 1 is 1.23 bits per heavy atom. The van der Waals surface area contributed by atoms with Crippen molar-refractivity contribution in [2.75, 3.05) is 11.4 Å². The molecule has 0 aliphatic carbocycles. The van der Waals surface area contributed by atoms with E-state index >= 15 is 0 Å². The van der Waals surface area contributed by atoms with Crippen LogP contribution in [0.3, 0.4) is 0 Å². The van der Waals surface area contributed by atoms with Crippen molar-refractivity contribution in [3.8, 4) is 0 Å². The number of carbonyl (C=O) groups is 2. The van der Waals surface area contributed by atoms with E-state index in [1.54, 1.807) is 17.3 Å². The molecule has 0 radical (unpaired) electrons. The van der Waals surface area contributed by atoms with Crippen LogP contribution in [0.25, 0.3) is 0 Å². The van der Waals surface area contributed by atoms with Gasteiger partial charge < -0.3 is 10.2 Å². The summed E-state index contributed by atoms with van der Waals surface area (Å²) in [5.74, 6) is -0.379. The number of benzene rings is 1. The molecule has 1 aliphatic heterocycles. The topological polar surface area (TPSA) is 62.3 Å². The standard InChI is InChI=1S/C21H25N3O2/c1-2-3-5-16-7-9-19(10-8-16)24-15-18(12-20(24)25)21(26)23-14-17-6-4-11-22-13-17/h4,6-11,13,18H,2-3,5,12,14-15H2,1H3,(H,23,26). The molecular formula is C21H25N3O2. The fraction of sp³-hybridized carbons (Fsp3) is 0.381. The predicted molar refractivity (Wildman–Crippen MR) is 102 cm³/mol. The lowest BCUT2D eigenvalue weighted by molar-refractivity contribution is -0.126. The average molecular weight is 351 g/mol. The number of aromatic nitrogens is 1. The van der Waals surface area contributed by atoms with Crippen LogP contribution in [-0.4, -0.2) is 23.3 Å². The Kier molecular flexibility index (Phi) is 6.00. The third-order valence-corrected chi connectivity index (χ3v) is 4.75. The molecule has 2 heterocycles. The highest BCUT2D eigenvalue weighted by atomic mass is 16.2. The van der Waals surface area contributed by atoms with Crippen LogP contribution in [0.1, 0.15) is 37.3 Å². The van der Waals surface area contributed by atoms with Gasteiger partial charge in [-0.05, 0) is 42.2 Å². The van der Waals surface area contributed by atoms with Crippen molar-refractivity contribution in [2.45, 2.75) is 39.2 Å². The van der Waals surface area contributed by atoms with Crippen molar-refractivity contribution in [3.63, 3.8) is 0 Å². The minimum atomic E-state index is -0.307. The summed E-state index contributed by atoms with van der Waals surface area (Å²) in [6.45, 7) is 3.05. The largest absolute Gasteiger partial charge is 0.352 e. The Morgan fingerprint density at radius 2 is 2.04 bits per heavy atom. The number of rotatable bonds is 7. The molecule has 0 saturated carbocycles. The Bertz CT molecular complexity index is 744. The number of hydrogen-bond acceptors (Lipinski definition) is 3. The molecule has 1 fully saturated rings. The fourth-order valence-electron chi connectivity index (χ4n) is 3.19. The first kappa shape index (κ1) is 18.1. The molecule has 1 saturated heterocycles. The highest BCUT2D eigenvalue weighted by Gasteiger charge is 2.34. The van der Waals surface area contributed by atoms with Crippen LogP contribution in [0.2, 0.25) is 0 Å². The van der Waals surface area contributed by atoms with Crippen molar-refractivity contribution in [3.05, 3.63) is 59.9 Å². The molecule has 1 aromatic heterocycles. The van der Waals surface area contributed by atoms with E-state index in [0.29, 0.717) is 13.1 Å². The van der Waals surface area contributed by atoms with Gasteiger partial charge in [-0.15, -0.1) is 0 Å². The van der Waals surface area contributed by atoms with Crippen molar-refractivity contribution in [2.24, 2.45) is 5.92 Å².